The minimum atomic E-state index is -0.422. The van der Waals surface area contributed by atoms with Gasteiger partial charge in [-0.15, -0.1) is 11.3 Å². The molecule has 2 amide bonds. The maximum absolute atomic E-state index is 14.2. The molecule has 2 aromatic heterocycles. The highest BCUT2D eigenvalue weighted by molar-refractivity contribution is 7.17. The number of methoxy groups -OCH3 is 1. The third-order valence-electron chi connectivity index (χ3n) is 5.77. The quantitative estimate of drug-likeness (QED) is 0.481. The van der Waals surface area contributed by atoms with E-state index in [-0.39, 0.29) is 17.5 Å². The summed E-state index contributed by atoms with van der Waals surface area (Å²) in [5, 5.41) is 10.6. The molecular formula is C24H27FN4O3S. The number of hydrogen-bond acceptors (Lipinski definition) is 5. The summed E-state index contributed by atoms with van der Waals surface area (Å²) in [6.45, 7) is 2.79. The van der Waals surface area contributed by atoms with Crippen molar-refractivity contribution in [3.63, 3.8) is 0 Å². The molecule has 1 aliphatic rings. The molecule has 0 atom stereocenters. The van der Waals surface area contributed by atoms with Gasteiger partial charge in [-0.3, -0.25) is 9.59 Å². The third kappa shape index (κ3) is 4.84. The summed E-state index contributed by atoms with van der Waals surface area (Å²) >= 11 is 1.46. The lowest BCUT2D eigenvalue weighted by molar-refractivity contribution is 0.0948. The summed E-state index contributed by atoms with van der Waals surface area (Å²) in [5.74, 6) is -0.976. The summed E-state index contributed by atoms with van der Waals surface area (Å²) in [4.78, 5) is 27.3. The molecule has 0 radical (unpaired) electrons. The molecule has 0 aliphatic heterocycles. The number of fused-ring (bicyclic) bond motifs is 1. The summed E-state index contributed by atoms with van der Waals surface area (Å²) < 4.78 is 20.7. The molecule has 174 valence electrons. The number of anilines is 1. The Kier molecular flexibility index (Phi) is 7.20. The number of halogens is 1. The van der Waals surface area contributed by atoms with Crippen LogP contribution in [0.4, 0.5) is 9.39 Å². The highest BCUT2D eigenvalue weighted by Gasteiger charge is 2.27. The maximum Gasteiger partial charge on any atom is 0.259 e. The second kappa shape index (κ2) is 10.3. The number of carbonyl (C=O) groups excluding carboxylic acids is 2. The van der Waals surface area contributed by atoms with Crippen molar-refractivity contribution >= 4 is 28.2 Å². The number of para-hydroxylation sites is 1. The van der Waals surface area contributed by atoms with Crippen LogP contribution < -0.4 is 10.6 Å². The van der Waals surface area contributed by atoms with E-state index in [1.54, 1.807) is 32.2 Å². The van der Waals surface area contributed by atoms with Gasteiger partial charge in [0.25, 0.3) is 11.8 Å². The number of nitrogens with zero attached hydrogens (tertiary/aromatic N) is 2. The van der Waals surface area contributed by atoms with Crippen LogP contribution in [0, 0.1) is 12.7 Å². The first-order valence-corrected chi connectivity index (χ1v) is 11.9. The van der Waals surface area contributed by atoms with Crippen LogP contribution in [-0.4, -0.2) is 41.9 Å². The van der Waals surface area contributed by atoms with E-state index in [4.69, 9.17) is 4.74 Å². The van der Waals surface area contributed by atoms with Crippen molar-refractivity contribution in [3.05, 3.63) is 63.5 Å². The maximum atomic E-state index is 14.2. The molecule has 2 N–H and O–H groups in total. The molecule has 0 bridgehead atoms. The monoisotopic (exact) mass is 470 g/mol. The minimum absolute atomic E-state index is 0.181. The van der Waals surface area contributed by atoms with Gasteiger partial charge in [0.15, 0.2) is 0 Å². The number of rotatable bonds is 8. The van der Waals surface area contributed by atoms with E-state index in [9.17, 15) is 14.0 Å². The molecule has 0 unspecified atom stereocenters. The van der Waals surface area contributed by atoms with Crippen LogP contribution in [0.5, 0.6) is 0 Å². The average Bonchev–Trinajstić information content (AvgIpc) is 3.37. The van der Waals surface area contributed by atoms with Crippen LogP contribution in [0.25, 0.3) is 5.69 Å². The Morgan fingerprint density at radius 1 is 1.21 bits per heavy atom. The van der Waals surface area contributed by atoms with Crippen molar-refractivity contribution in [1.29, 1.82) is 0 Å². The van der Waals surface area contributed by atoms with Crippen LogP contribution in [0.15, 0.2) is 30.5 Å². The molecule has 0 fully saturated rings. The van der Waals surface area contributed by atoms with Gasteiger partial charge in [0.05, 0.1) is 23.0 Å². The fourth-order valence-corrected chi connectivity index (χ4v) is 5.35. The lowest BCUT2D eigenvalue weighted by Crippen LogP contribution is -2.27. The lowest BCUT2D eigenvalue weighted by Gasteiger charge is -2.13. The smallest absolute Gasteiger partial charge is 0.259 e. The number of benzene rings is 1. The van der Waals surface area contributed by atoms with Crippen LogP contribution in [0.2, 0.25) is 0 Å². The van der Waals surface area contributed by atoms with Gasteiger partial charge in [0.2, 0.25) is 0 Å². The standard InChI is InChI=1S/C24H27FN4O3S/c1-15-17(14-27-29(15)19-10-5-4-9-18(19)25)22(30)28-24-21(23(31)26-12-7-13-32-2)16-8-3-6-11-20(16)33-24/h4-5,9-10,14H,3,6-8,11-13H2,1-2H3,(H,26,31)(H,28,30). The van der Waals surface area contributed by atoms with Gasteiger partial charge in [0.1, 0.15) is 16.5 Å². The van der Waals surface area contributed by atoms with E-state index < -0.39 is 5.82 Å². The summed E-state index contributed by atoms with van der Waals surface area (Å²) in [5.41, 5.74) is 2.71. The van der Waals surface area contributed by atoms with Gasteiger partial charge in [-0.05, 0) is 56.7 Å². The second-order valence-corrected chi connectivity index (χ2v) is 9.08. The average molecular weight is 471 g/mol. The van der Waals surface area contributed by atoms with Gasteiger partial charge in [-0.25, -0.2) is 9.07 Å². The zero-order chi connectivity index (χ0) is 23.4. The fourth-order valence-electron chi connectivity index (χ4n) is 4.07. The van der Waals surface area contributed by atoms with E-state index in [2.05, 4.69) is 15.7 Å². The molecule has 1 aromatic carbocycles. The number of hydrogen-bond donors (Lipinski definition) is 2. The van der Waals surface area contributed by atoms with Crippen LogP contribution >= 0.6 is 11.3 Å². The fraction of sp³-hybridized carbons (Fsp3) is 0.375. The largest absolute Gasteiger partial charge is 0.385 e. The van der Waals surface area contributed by atoms with E-state index in [1.165, 1.54) is 28.3 Å². The summed E-state index contributed by atoms with van der Waals surface area (Å²) in [6.07, 6.45) is 5.97. The zero-order valence-corrected chi connectivity index (χ0v) is 19.6. The number of amides is 2. The highest BCUT2D eigenvalue weighted by Crippen LogP contribution is 2.38. The van der Waals surface area contributed by atoms with Gasteiger partial charge in [0, 0.05) is 25.1 Å². The number of nitrogens with one attached hydrogen (secondary N) is 2. The van der Waals surface area contributed by atoms with E-state index in [0.29, 0.717) is 41.4 Å². The lowest BCUT2D eigenvalue weighted by atomic mass is 9.95. The first kappa shape index (κ1) is 23.1. The first-order chi connectivity index (χ1) is 16.0. The van der Waals surface area contributed by atoms with E-state index >= 15 is 0 Å². The zero-order valence-electron chi connectivity index (χ0n) is 18.7. The Labute approximate surface area is 196 Å². The Morgan fingerprint density at radius 2 is 2.00 bits per heavy atom. The molecule has 33 heavy (non-hydrogen) atoms. The van der Waals surface area contributed by atoms with Crippen molar-refractivity contribution in [2.45, 2.75) is 39.0 Å². The minimum Gasteiger partial charge on any atom is -0.385 e. The molecule has 4 rings (SSSR count). The van der Waals surface area contributed by atoms with Gasteiger partial charge >= 0.3 is 0 Å². The molecule has 3 aromatic rings. The molecule has 9 heteroatoms. The topological polar surface area (TPSA) is 85.2 Å². The van der Waals surface area contributed by atoms with Crippen molar-refractivity contribution in [3.8, 4) is 5.69 Å². The normalized spacial score (nSPS) is 12.9. The van der Waals surface area contributed by atoms with Crippen molar-refractivity contribution in [2.75, 3.05) is 25.6 Å². The first-order valence-electron chi connectivity index (χ1n) is 11.0. The Hall–Kier alpha value is -3.04. The molecular weight excluding hydrogens is 443 g/mol. The van der Waals surface area contributed by atoms with Gasteiger partial charge in [-0.1, -0.05) is 12.1 Å². The molecule has 0 saturated carbocycles. The van der Waals surface area contributed by atoms with Crippen molar-refractivity contribution in [2.24, 2.45) is 0 Å². The van der Waals surface area contributed by atoms with Crippen molar-refractivity contribution in [1.82, 2.24) is 15.1 Å². The molecule has 1 aliphatic carbocycles. The molecule has 0 spiro atoms. The van der Waals surface area contributed by atoms with Crippen LogP contribution in [0.1, 0.15) is 56.1 Å². The summed E-state index contributed by atoms with van der Waals surface area (Å²) in [7, 11) is 1.63. The number of aryl methyl sites for hydroxylation is 1. The van der Waals surface area contributed by atoms with Crippen molar-refractivity contribution < 1.29 is 18.7 Å². The number of carbonyl (C=O) groups is 2. The molecule has 0 saturated heterocycles. The predicted molar refractivity (Wildman–Crippen MR) is 126 cm³/mol. The number of aromatic nitrogens is 2. The molecule has 7 nitrogen and oxygen atoms in total. The SMILES string of the molecule is COCCCNC(=O)c1c(NC(=O)c2cnn(-c3ccccc3F)c2C)sc2c1CCCC2. The highest BCUT2D eigenvalue weighted by atomic mass is 32.1. The van der Waals surface area contributed by atoms with E-state index in [0.717, 1.165) is 36.1 Å². The summed E-state index contributed by atoms with van der Waals surface area (Å²) in [6, 6.07) is 6.28. The second-order valence-electron chi connectivity index (χ2n) is 7.98. The van der Waals surface area contributed by atoms with Crippen LogP contribution in [0.3, 0.4) is 0 Å². The van der Waals surface area contributed by atoms with Crippen LogP contribution in [-0.2, 0) is 17.6 Å². The van der Waals surface area contributed by atoms with E-state index in [1.807, 2.05) is 0 Å². The van der Waals surface area contributed by atoms with Gasteiger partial charge < -0.3 is 15.4 Å². The number of thiophene rings is 1. The van der Waals surface area contributed by atoms with Gasteiger partial charge in [-0.2, -0.15) is 5.10 Å². The Bertz CT molecular complexity index is 1170. The molecule has 2 heterocycles. The third-order valence-corrected chi connectivity index (χ3v) is 6.98. The Balaban J connectivity index is 1.59. The predicted octanol–water partition coefficient (Wildman–Crippen LogP) is 4.28. The number of ether oxygens (including phenoxy) is 1. The Morgan fingerprint density at radius 3 is 2.79 bits per heavy atom.